The van der Waals surface area contributed by atoms with Crippen LogP contribution < -0.4 is 4.89 Å². The van der Waals surface area contributed by atoms with Crippen molar-refractivity contribution in [3.63, 3.8) is 0 Å². The van der Waals surface area contributed by atoms with Crippen molar-refractivity contribution in [2.75, 3.05) is 47.5 Å². The number of quaternary nitrogens is 1. The minimum absolute atomic E-state index is 0.0317. The Labute approximate surface area is 631 Å². The van der Waals surface area contributed by atoms with Crippen molar-refractivity contribution in [1.82, 2.24) is 0 Å². The molecule has 0 fully saturated rings. The molecular weight excluding hydrogens is 1280 g/mol. The SMILES string of the molecule is CC/C=C\C/C=C\C/C=C\C/C=C\C/C=C\C/C=C\CCCCCCCCCCCCCCCCCCCCCCC(=O)OC(COC(=O)CCCCCCCCCCCCCCCCCCCCCCCCC/C=C\C/C=C\C/C=C\C/C=C\C/C=C\CC)COP(=O)([O-])OCC[N+](C)(C)C. The summed E-state index contributed by atoms with van der Waals surface area (Å²) < 4.78 is 34.5. The molecule has 2 unspecified atom stereocenters. The number of carbonyl (C=O) groups excluding carboxylic acids is 2. The van der Waals surface area contributed by atoms with Crippen LogP contribution in [0.1, 0.15) is 386 Å². The largest absolute Gasteiger partial charge is 0.756 e. The molecule has 10 heteroatoms. The minimum atomic E-state index is -4.65. The summed E-state index contributed by atoms with van der Waals surface area (Å²) in [6.45, 7) is 4.06. The van der Waals surface area contributed by atoms with E-state index < -0.39 is 26.5 Å². The van der Waals surface area contributed by atoms with E-state index in [2.05, 4.69) is 148 Å². The highest BCUT2D eigenvalue weighted by molar-refractivity contribution is 7.45. The van der Waals surface area contributed by atoms with E-state index in [0.717, 1.165) is 109 Å². The minimum Gasteiger partial charge on any atom is -0.756 e. The molecule has 0 spiro atoms. The zero-order valence-corrected chi connectivity index (χ0v) is 68.2. The molecule has 0 rings (SSSR count). The lowest BCUT2D eigenvalue weighted by molar-refractivity contribution is -0.870. The van der Waals surface area contributed by atoms with Crippen LogP contribution in [0.2, 0.25) is 0 Å². The third-order valence-electron chi connectivity index (χ3n) is 18.7. The maximum atomic E-state index is 12.9. The number of nitrogens with zero attached hydrogens (tertiary/aromatic N) is 1. The number of rotatable bonds is 79. The van der Waals surface area contributed by atoms with Gasteiger partial charge in [0, 0.05) is 12.8 Å². The second-order valence-electron chi connectivity index (χ2n) is 29.8. The molecule has 2 atom stereocenters. The Bertz CT molecular complexity index is 2190. The molecule has 0 aromatic heterocycles. The predicted octanol–water partition coefficient (Wildman–Crippen LogP) is 28.4. The van der Waals surface area contributed by atoms with Crippen LogP contribution in [0.4, 0.5) is 0 Å². The molecule has 588 valence electrons. The number of likely N-dealkylation sites (N-methyl/N-ethyl adjacent to an activating group) is 1. The average molecular weight is 1440 g/mol. The standard InChI is InChI=1S/C92H162NO8P/c1-6-8-10-12-14-16-18-20-22-24-26-28-30-32-34-36-38-40-42-44-46-48-50-52-54-56-58-60-62-64-66-68-70-72-74-76-78-80-82-84-91(94)98-88-90(89-100-102(96,97)99-87-86-93(3,4)5)101-92(95)85-83-81-79-77-75-73-71-69-67-65-63-61-59-57-55-53-51-49-47-45-43-41-39-37-35-33-31-29-27-25-23-21-19-17-15-13-11-9-7-2/h8-11,14-17,20-23,26-29,32-35,39,41,90H,6-7,12-13,18-19,24-25,30-31,36-38,40,42-89H2,1-5H3/b10-8-,11-9-,16-14-,17-15-,22-20-,23-21-,28-26-,29-27-,34-32-,35-33-,41-39-. The molecule has 0 saturated heterocycles. The lowest BCUT2D eigenvalue weighted by Crippen LogP contribution is -2.37. The first-order chi connectivity index (χ1) is 50.0. The Morgan fingerprint density at radius 3 is 0.784 bits per heavy atom. The highest BCUT2D eigenvalue weighted by Crippen LogP contribution is 2.38. The molecule has 0 radical (unpaired) electrons. The van der Waals surface area contributed by atoms with Crippen molar-refractivity contribution < 1.29 is 42.1 Å². The molecule has 0 aromatic carbocycles. The number of phosphoric acid groups is 1. The van der Waals surface area contributed by atoms with Crippen LogP contribution in [0.15, 0.2) is 134 Å². The molecular formula is C92H162NO8P. The number of allylic oxidation sites excluding steroid dienone is 22. The smallest absolute Gasteiger partial charge is 0.306 e. The van der Waals surface area contributed by atoms with Gasteiger partial charge in [-0.05, 0) is 109 Å². The van der Waals surface area contributed by atoms with Gasteiger partial charge in [-0.2, -0.15) is 0 Å². The third kappa shape index (κ3) is 85.1. The van der Waals surface area contributed by atoms with E-state index in [1.54, 1.807) is 0 Å². The summed E-state index contributed by atoms with van der Waals surface area (Å²) >= 11 is 0. The van der Waals surface area contributed by atoms with Gasteiger partial charge in [0.05, 0.1) is 27.7 Å². The zero-order valence-electron chi connectivity index (χ0n) is 67.3. The molecule has 102 heavy (non-hydrogen) atoms. The summed E-state index contributed by atoms with van der Waals surface area (Å²) in [7, 11) is 1.18. The van der Waals surface area contributed by atoms with Crippen LogP contribution in [0.5, 0.6) is 0 Å². The van der Waals surface area contributed by atoms with E-state index in [0.29, 0.717) is 17.4 Å². The highest BCUT2D eigenvalue weighted by atomic mass is 31.2. The average Bonchev–Trinajstić information content (AvgIpc) is 0.914. The summed E-state index contributed by atoms with van der Waals surface area (Å²) in [5.41, 5.74) is 0. The van der Waals surface area contributed by atoms with Gasteiger partial charge in [0.25, 0.3) is 7.82 Å². The molecule has 0 aliphatic rings. The lowest BCUT2D eigenvalue weighted by Gasteiger charge is -2.28. The molecule has 0 N–H and O–H groups in total. The van der Waals surface area contributed by atoms with E-state index in [-0.39, 0.29) is 32.0 Å². The van der Waals surface area contributed by atoms with Crippen LogP contribution >= 0.6 is 7.82 Å². The fourth-order valence-corrected chi connectivity index (χ4v) is 13.0. The molecule has 0 aliphatic heterocycles. The second kappa shape index (κ2) is 81.2. The van der Waals surface area contributed by atoms with Crippen molar-refractivity contribution in [1.29, 1.82) is 0 Å². The van der Waals surface area contributed by atoms with Crippen molar-refractivity contribution >= 4 is 19.8 Å². The first-order valence-electron chi connectivity index (χ1n) is 42.9. The Balaban J connectivity index is 3.90. The van der Waals surface area contributed by atoms with Gasteiger partial charge in [-0.25, -0.2) is 0 Å². The van der Waals surface area contributed by atoms with E-state index in [4.69, 9.17) is 18.5 Å². The van der Waals surface area contributed by atoms with E-state index in [1.807, 2.05) is 21.1 Å². The van der Waals surface area contributed by atoms with Crippen LogP contribution in [-0.4, -0.2) is 70.0 Å². The number of carbonyl (C=O) groups is 2. The Morgan fingerprint density at radius 2 is 0.529 bits per heavy atom. The van der Waals surface area contributed by atoms with Crippen LogP contribution in [0.25, 0.3) is 0 Å². The number of hydrogen-bond donors (Lipinski definition) is 0. The van der Waals surface area contributed by atoms with Crippen molar-refractivity contribution in [2.45, 2.75) is 392 Å². The Hall–Kier alpha value is -3.85. The van der Waals surface area contributed by atoms with Crippen molar-refractivity contribution in [2.24, 2.45) is 0 Å². The zero-order chi connectivity index (χ0) is 74.0. The summed E-state index contributed by atoms with van der Waals surface area (Å²) in [5.74, 6) is -0.816. The van der Waals surface area contributed by atoms with Gasteiger partial charge in [-0.15, -0.1) is 0 Å². The number of esters is 2. The topological polar surface area (TPSA) is 111 Å². The number of hydrogen-bond acceptors (Lipinski definition) is 8. The number of unbranched alkanes of at least 4 members (excludes halogenated alkanes) is 43. The van der Waals surface area contributed by atoms with Gasteiger partial charge in [0.1, 0.15) is 19.8 Å². The summed E-state index contributed by atoms with van der Waals surface area (Å²) in [4.78, 5) is 38.3. The van der Waals surface area contributed by atoms with Crippen LogP contribution in [0.3, 0.4) is 0 Å². The number of phosphoric ester groups is 1. The van der Waals surface area contributed by atoms with Gasteiger partial charge in [-0.3, -0.25) is 14.2 Å². The summed E-state index contributed by atoms with van der Waals surface area (Å²) in [6, 6.07) is 0. The molecule has 9 nitrogen and oxygen atoms in total. The molecule has 0 amide bonds. The quantitative estimate of drug-likeness (QED) is 0.0195. The maximum Gasteiger partial charge on any atom is 0.306 e. The van der Waals surface area contributed by atoms with Crippen molar-refractivity contribution in [3.05, 3.63) is 134 Å². The number of ether oxygens (including phenoxy) is 2. The Kier molecular flexibility index (Phi) is 78.2. The normalized spacial score (nSPS) is 13.7. The summed E-state index contributed by atoms with van der Waals surface area (Å²) in [5, 5.41) is 0. The fourth-order valence-electron chi connectivity index (χ4n) is 12.2. The Morgan fingerprint density at radius 1 is 0.304 bits per heavy atom. The third-order valence-corrected chi connectivity index (χ3v) is 19.6. The highest BCUT2D eigenvalue weighted by Gasteiger charge is 2.22. The van der Waals surface area contributed by atoms with Crippen LogP contribution in [0, 0.1) is 0 Å². The van der Waals surface area contributed by atoms with Crippen molar-refractivity contribution in [3.8, 4) is 0 Å². The van der Waals surface area contributed by atoms with Gasteiger partial charge < -0.3 is 27.9 Å². The molecule has 0 saturated carbocycles. The van der Waals surface area contributed by atoms with Gasteiger partial charge in [0.2, 0.25) is 0 Å². The van der Waals surface area contributed by atoms with E-state index >= 15 is 0 Å². The first kappa shape index (κ1) is 98.2. The first-order valence-corrected chi connectivity index (χ1v) is 44.4. The maximum absolute atomic E-state index is 12.9. The molecule has 0 heterocycles. The second-order valence-corrected chi connectivity index (χ2v) is 31.2. The molecule has 0 bridgehead atoms. The van der Waals surface area contributed by atoms with Crippen LogP contribution in [-0.2, 0) is 32.7 Å². The van der Waals surface area contributed by atoms with E-state index in [9.17, 15) is 19.0 Å². The fraction of sp³-hybridized carbons (Fsp3) is 0.739. The predicted molar refractivity (Wildman–Crippen MR) is 443 cm³/mol. The monoisotopic (exact) mass is 1440 g/mol. The molecule has 0 aromatic rings. The van der Waals surface area contributed by atoms with Gasteiger partial charge in [-0.1, -0.05) is 398 Å². The lowest BCUT2D eigenvalue weighted by atomic mass is 10.0. The summed E-state index contributed by atoms with van der Waals surface area (Å²) in [6.07, 6.45) is 119. The molecule has 0 aliphatic carbocycles. The van der Waals surface area contributed by atoms with Gasteiger partial charge in [0.15, 0.2) is 6.10 Å². The van der Waals surface area contributed by atoms with E-state index in [1.165, 1.54) is 244 Å². The van der Waals surface area contributed by atoms with Gasteiger partial charge >= 0.3 is 11.9 Å².